The van der Waals surface area contributed by atoms with E-state index in [-0.39, 0.29) is 11.6 Å². The zero-order chi connectivity index (χ0) is 17.0. The fraction of sp³-hybridized carbons (Fsp3) is 0.529. The number of primary amides is 1. The van der Waals surface area contributed by atoms with E-state index in [1.807, 2.05) is 39.0 Å². The summed E-state index contributed by atoms with van der Waals surface area (Å²) < 4.78 is 0. The van der Waals surface area contributed by atoms with Crippen molar-refractivity contribution >= 4 is 11.9 Å². The predicted molar refractivity (Wildman–Crippen MR) is 89.7 cm³/mol. The second-order valence-electron chi connectivity index (χ2n) is 7.01. The average molecular weight is 318 g/mol. The molecule has 0 spiro atoms. The van der Waals surface area contributed by atoms with Gasteiger partial charge in [0.15, 0.2) is 0 Å². The Labute approximate surface area is 137 Å². The number of urea groups is 1. The van der Waals surface area contributed by atoms with Gasteiger partial charge in [0.25, 0.3) is 0 Å². The van der Waals surface area contributed by atoms with Crippen molar-refractivity contribution in [3.05, 3.63) is 35.9 Å². The standard InChI is InChI=1S/C17H26N4O2/c1-17(2,3)19-16(23)21-10-9-20(12-14(21)15(18)22)11-13-7-5-4-6-8-13/h4-8,14H,9-12H2,1-3H3,(H2,18,22)(H,19,23)/t14-/m1/s1. The van der Waals surface area contributed by atoms with E-state index >= 15 is 0 Å². The summed E-state index contributed by atoms with van der Waals surface area (Å²) in [6.45, 7) is 8.15. The van der Waals surface area contributed by atoms with Crippen LogP contribution in [-0.4, -0.2) is 53.0 Å². The molecule has 0 radical (unpaired) electrons. The zero-order valence-electron chi connectivity index (χ0n) is 14.1. The molecule has 1 fully saturated rings. The number of benzene rings is 1. The van der Waals surface area contributed by atoms with Crippen LogP contribution >= 0.6 is 0 Å². The first-order chi connectivity index (χ1) is 10.8. The van der Waals surface area contributed by atoms with Crippen LogP contribution in [0.2, 0.25) is 0 Å². The number of piperazine rings is 1. The van der Waals surface area contributed by atoms with E-state index in [4.69, 9.17) is 5.73 Å². The van der Waals surface area contributed by atoms with Crippen molar-refractivity contribution in [1.29, 1.82) is 0 Å². The number of rotatable bonds is 3. The van der Waals surface area contributed by atoms with Gasteiger partial charge in [0, 0.05) is 31.7 Å². The highest BCUT2D eigenvalue weighted by Crippen LogP contribution is 2.14. The minimum atomic E-state index is -0.602. The highest BCUT2D eigenvalue weighted by atomic mass is 16.2. The van der Waals surface area contributed by atoms with Gasteiger partial charge in [0.05, 0.1) is 0 Å². The second kappa shape index (κ2) is 7.00. The lowest BCUT2D eigenvalue weighted by Gasteiger charge is -2.41. The van der Waals surface area contributed by atoms with E-state index in [0.717, 1.165) is 13.1 Å². The Bertz CT molecular complexity index is 553. The van der Waals surface area contributed by atoms with Gasteiger partial charge in [-0.1, -0.05) is 30.3 Å². The second-order valence-corrected chi connectivity index (χ2v) is 7.01. The quantitative estimate of drug-likeness (QED) is 0.878. The molecule has 1 heterocycles. The highest BCUT2D eigenvalue weighted by Gasteiger charge is 2.35. The first-order valence-electron chi connectivity index (χ1n) is 7.90. The first kappa shape index (κ1) is 17.3. The van der Waals surface area contributed by atoms with Crippen LogP contribution in [0.4, 0.5) is 4.79 Å². The Kier molecular flexibility index (Phi) is 5.26. The molecule has 6 heteroatoms. The maximum absolute atomic E-state index is 12.4. The number of nitrogens with one attached hydrogen (secondary N) is 1. The van der Waals surface area contributed by atoms with Crippen LogP contribution in [0.15, 0.2) is 30.3 Å². The number of hydrogen-bond donors (Lipinski definition) is 2. The molecule has 126 valence electrons. The number of nitrogens with two attached hydrogens (primary N) is 1. The van der Waals surface area contributed by atoms with Crippen molar-refractivity contribution in [1.82, 2.24) is 15.1 Å². The van der Waals surface area contributed by atoms with Gasteiger partial charge in [0.2, 0.25) is 5.91 Å². The van der Waals surface area contributed by atoms with Gasteiger partial charge in [0.1, 0.15) is 6.04 Å². The van der Waals surface area contributed by atoms with E-state index in [0.29, 0.717) is 13.1 Å². The number of carbonyl (C=O) groups is 2. The third-order valence-electron chi connectivity index (χ3n) is 3.78. The summed E-state index contributed by atoms with van der Waals surface area (Å²) in [5, 5.41) is 2.90. The average Bonchev–Trinajstić information content (AvgIpc) is 2.46. The Hall–Kier alpha value is -2.08. The largest absolute Gasteiger partial charge is 0.368 e. The van der Waals surface area contributed by atoms with Crippen LogP contribution in [0.5, 0.6) is 0 Å². The van der Waals surface area contributed by atoms with Crippen molar-refractivity contribution in [2.24, 2.45) is 5.73 Å². The lowest BCUT2D eigenvalue weighted by Crippen LogP contribution is -2.63. The molecule has 3 amide bonds. The van der Waals surface area contributed by atoms with Crippen LogP contribution in [0.25, 0.3) is 0 Å². The van der Waals surface area contributed by atoms with Crippen LogP contribution in [0.1, 0.15) is 26.3 Å². The molecule has 2 rings (SSSR count). The molecule has 0 bridgehead atoms. The van der Waals surface area contributed by atoms with Crippen molar-refractivity contribution in [3.63, 3.8) is 0 Å². The van der Waals surface area contributed by atoms with E-state index in [1.165, 1.54) is 5.56 Å². The molecule has 3 N–H and O–H groups in total. The van der Waals surface area contributed by atoms with Crippen LogP contribution in [0, 0.1) is 0 Å². The predicted octanol–water partition coefficient (Wildman–Crippen LogP) is 1.17. The number of hydrogen-bond acceptors (Lipinski definition) is 3. The summed E-state index contributed by atoms with van der Waals surface area (Å²) in [5.41, 5.74) is 6.36. The molecule has 23 heavy (non-hydrogen) atoms. The third kappa shape index (κ3) is 4.96. The molecule has 0 unspecified atom stereocenters. The van der Waals surface area contributed by atoms with E-state index < -0.39 is 11.9 Å². The lowest BCUT2D eigenvalue weighted by atomic mass is 10.1. The molecule has 1 atom stereocenters. The summed E-state index contributed by atoms with van der Waals surface area (Å²) in [6, 6.07) is 9.23. The molecule has 1 aliphatic rings. The molecule has 1 aromatic rings. The van der Waals surface area contributed by atoms with E-state index in [1.54, 1.807) is 4.90 Å². The molecular formula is C17H26N4O2. The SMILES string of the molecule is CC(C)(C)NC(=O)N1CCN(Cc2ccccc2)C[C@@H]1C(N)=O. The van der Waals surface area contributed by atoms with Crippen LogP contribution < -0.4 is 11.1 Å². The third-order valence-corrected chi connectivity index (χ3v) is 3.78. The molecule has 0 aliphatic carbocycles. The summed E-state index contributed by atoms with van der Waals surface area (Å²) >= 11 is 0. The highest BCUT2D eigenvalue weighted by molar-refractivity contribution is 5.86. The van der Waals surface area contributed by atoms with Crippen LogP contribution in [0.3, 0.4) is 0 Å². The number of carbonyl (C=O) groups excluding carboxylic acids is 2. The minimum Gasteiger partial charge on any atom is -0.368 e. The van der Waals surface area contributed by atoms with Gasteiger partial charge in [-0.3, -0.25) is 9.69 Å². The number of nitrogens with zero attached hydrogens (tertiary/aromatic N) is 2. The maximum atomic E-state index is 12.4. The molecule has 1 aromatic carbocycles. The van der Waals surface area contributed by atoms with Gasteiger partial charge >= 0.3 is 6.03 Å². The van der Waals surface area contributed by atoms with Gasteiger partial charge in [-0.05, 0) is 26.3 Å². The summed E-state index contributed by atoms with van der Waals surface area (Å²) in [4.78, 5) is 27.9. The smallest absolute Gasteiger partial charge is 0.318 e. The van der Waals surface area contributed by atoms with Crippen molar-refractivity contribution < 1.29 is 9.59 Å². The molecule has 0 aromatic heterocycles. The molecule has 6 nitrogen and oxygen atoms in total. The lowest BCUT2D eigenvalue weighted by molar-refractivity contribution is -0.124. The Balaban J connectivity index is 2.03. The minimum absolute atomic E-state index is 0.235. The summed E-state index contributed by atoms with van der Waals surface area (Å²) in [6.07, 6.45) is 0. The normalized spacial score (nSPS) is 19.4. The van der Waals surface area contributed by atoms with E-state index in [2.05, 4.69) is 22.3 Å². The summed E-state index contributed by atoms with van der Waals surface area (Å²) in [7, 11) is 0. The fourth-order valence-electron chi connectivity index (χ4n) is 2.70. The summed E-state index contributed by atoms with van der Waals surface area (Å²) in [5.74, 6) is -0.466. The molecule has 1 saturated heterocycles. The van der Waals surface area contributed by atoms with Gasteiger partial charge in [-0.25, -0.2) is 4.79 Å². The number of amides is 3. The fourth-order valence-corrected chi connectivity index (χ4v) is 2.70. The first-order valence-corrected chi connectivity index (χ1v) is 7.90. The van der Waals surface area contributed by atoms with Gasteiger partial charge in [-0.2, -0.15) is 0 Å². The molecular weight excluding hydrogens is 292 g/mol. The van der Waals surface area contributed by atoms with E-state index in [9.17, 15) is 9.59 Å². The van der Waals surface area contributed by atoms with Crippen molar-refractivity contribution in [3.8, 4) is 0 Å². The topological polar surface area (TPSA) is 78.7 Å². The molecule has 0 saturated carbocycles. The molecule has 1 aliphatic heterocycles. The Morgan fingerprint density at radius 1 is 1.22 bits per heavy atom. The Morgan fingerprint density at radius 3 is 2.43 bits per heavy atom. The van der Waals surface area contributed by atoms with Gasteiger partial charge < -0.3 is 16.0 Å². The van der Waals surface area contributed by atoms with Crippen molar-refractivity contribution in [2.45, 2.75) is 38.9 Å². The van der Waals surface area contributed by atoms with Crippen LogP contribution in [-0.2, 0) is 11.3 Å². The monoisotopic (exact) mass is 318 g/mol. The van der Waals surface area contributed by atoms with Crippen molar-refractivity contribution in [2.75, 3.05) is 19.6 Å². The van der Waals surface area contributed by atoms with Gasteiger partial charge in [-0.15, -0.1) is 0 Å². The maximum Gasteiger partial charge on any atom is 0.318 e. The zero-order valence-corrected chi connectivity index (χ0v) is 14.1. The Morgan fingerprint density at radius 2 is 1.87 bits per heavy atom.